The highest BCUT2D eigenvalue weighted by Crippen LogP contribution is 2.21. The number of benzene rings is 1. The number of rotatable bonds is 6. The van der Waals surface area contributed by atoms with E-state index in [1.807, 2.05) is 52.5 Å². The van der Waals surface area contributed by atoms with Crippen molar-refractivity contribution in [3.8, 4) is 16.9 Å². The molecule has 0 fully saturated rings. The fourth-order valence-corrected chi connectivity index (χ4v) is 3.51. The van der Waals surface area contributed by atoms with Crippen molar-refractivity contribution in [2.45, 2.75) is 5.03 Å². The second kappa shape index (κ2) is 8.11. The summed E-state index contributed by atoms with van der Waals surface area (Å²) >= 11 is 2.72. The lowest BCUT2D eigenvalue weighted by atomic mass is 10.1. The number of hydrogen-bond acceptors (Lipinski definition) is 7. The zero-order valence-electron chi connectivity index (χ0n) is 14.0. The van der Waals surface area contributed by atoms with Crippen LogP contribution >= 0.6 is 23.1 Å². The molecule has 3 heterocycles. The van der Waals surface area contributed by atoms with Crippen LogP contribution < -0.4 is 5.32 Å². The van der Waals surface area contributed by atoms with Gasteiger partial charge < -0.3 is 9.88 Å². The first-order chi connectivity index (χ1) is 13.3. The van der Waals surface area contributed by atoms with Crippen LogP contribution in [0.25, 0.3) is 16.9 Å². The lowest BCUT2D eigenvalue weighted by molar-refractivity contribution is -0.113. The quantitative estimate of drug-likeness (QED) is 0.504. The van der Waals surface area contributed by atoms with E-state index < -0.39 is 0 Å². The Morgan fingerprint density at radius 1 is 1.11 bits per heavy atom. The average Bonchev–Trinajstić information content (AvgIpc) is 3.41. The van der Waals surface area contributed by atoms with Crippen LogP contribution in [0.5, 0.6) is 0 Å². The van der Waals surface area contributed by atoms with Gasteiger partial charge in [0, 0.05) is 35.2 Å². The molecule has 4 rings (SSSR count). The molecule has 1 amide bonds. The lowest BCUT2D eigenvalue weighted by Crippen LogP contribution is -2.13. The van der Waals surface area contributed by atoms with Gasteiger partial charge in [-0.15, -0.1) is 21.5 Å². The standard InChI is InChI=1S/C18H14N6OS2/c25-16(21-18-20-8-10-26-18)11-27-17-6-5-15(22-23-17)13-1-3-14(4-2-13)24-9-7-19-12-24/h1-10,12H,11H2,(H,20,21,25). The minimum atomic E-state index is -0.115. The van der Waals surface area contributed by atoms with Crippen LogP contribution in [0, 0.1) is 0 Å². The van der Waals surface area contributed by atoms with E-state index in [1.54, 1.807) is 18.7 Å². The minimum Gasteiger partial charge on any atom is -0.306 e. The Hall–Kier alpha value is -3.04. The molecule has 0 atom stereocenters. The molecule has 0 aliphatic rings. The number of carbonyl (C=O) groups is 1. The topological polar surface area (TPSA) is 85.6 Å². The number of amides is 1. The van der Waals surface area contributed by atoms with Gasteiger partial charge in [-0.05, 0) is 24.3 Å². The highest BCUT2D eigenvalue weighted by molar-refractivity contribution is 7.99. The molecular weight excluding hydrogens is 380 g/mol. The van der Waals surface area contributed by atoms with Gasteiger partial charge in [0.05, 0.1) is 17.8 Å². The van der Waals surface area contributed by atoms with E-state index in [-0.39, 0.29) is 11.7 Å². The number of aromatic nitrogens is 5. The van der Waals surface area contributed by atoms with Crippen LogP contribution in [-0.2, 0) is 4.79 Å². The van der Waals surface area contributed by atoms with Gasteiger partial charge in [0.15, 0.2) is 5.13 Å². The summed E-state index contributed by atoms with van der Waals surface area (Å²) in [6, 6.07) is 11.8. The van der Waals surface area contributed by atoms with Crippen molar-refractivity contribution in [3.05, 3.63) is 66.7 Å². The molecule has 4 aromatic rings. The Morgan fingerprint density at radius 2 is 2.00 bits per heavy atom. The zero-order chi connectivity index (χ0) is 18.5. The Balaban J connectivity index is 1.36. The lowest BCUT2D eigenvalue weighted by Gasteiger charge is -2.05. The van der Waals surface area contributed by atoms with Gasteiger partial charge in [-0.2, -0.15) is 0 Å². The molecule has 0 aliphatic heterocycles. The number of nitrogens with zero attached hydrogens (tertiary/aromatic N) is 5. The summed E-state index contributed by atoms with van der Waals surface area (Å²) in [5, 5.41) is 14.3. The first-order valence-corrected chi connectivity index (χ1v) is 9.89. The summed E-state index contributed by atoms with van der Waals surface area (Å²) in [7, 11) is 0. The molecule has 134 valence electrons. The minimum absolute atomic E-state index is 0.115. The van der Waals surface area contributed by atoms with Crippen LogP contribution in [0.1, 0.15) is 0 Å². The van der Waals surface area contributed by atoms with Gasteiger partial charge in [0.2, 0.25) is 5.91 Å². The Bertz CT molecular complexity index is 999. The first-order valence-electron chi connectivity index (χ1n) is 8.02. The Morgan fingerprint density at radius 3 is 2.67 bits per heavy atom. The molecule has 0 aliphatic carbocycles. The van der Waals surface area contributed by atoms with Crippen molar-refractivity contribution < 1.29 is 4.79 Å². The van der Waals surface area contributed by atoms with E-state index in [2.05, 4.69) is 25.5 Å². The van der Waals surface area contributed by atoms with Crippen molar-refractivity contribution in [2.24, 2.45) is 0 Å². The van der Waals surface area contributed by atoms with E-state index in [1.165, 1.54) is 23.1 Å². The first kappa shape index (κ1) is 17.4. The number of nitrogens with one attached hydrogen (secondary N) is 1. The predicted octanol–water partition coefficient (Wildman–Crippen LogP) is 3.52. The molecule has 0 saturated carbocycles. The fourth-order valence-electron chi connectivity index (χ4n) is 2.35. The van der Waals surface area contributed by atoms with Gasteiger partial charge in [-0.1, -0.05) is 23.9 Å². The van der Waals surface area contributed by atoms with E-state index in [4.69, 9.17) is 0 Å². The Kier molecular flexibility index (Phi) is 5.22. The molecular formula is C18H14N6OS2. The van der Waals surface area contributed by atoms with Crippen LogP contribution in [0.3, 0.4) is 0 Å². The molecule has 27 heavy (non-hydrogen) atoms. The molecule has 0 saturated heterocycles. The van der Waals surface area contributed by atoms with E-state index >= 15 is 0 Å². The van der Waals surface area contributed by atoms with Crippen LogP contribution in [-0.4, -0.2) is 36.4 Å². The third-order valence-corrected chi connectivity index (χ3v) is 5.24. The number of thioether (sulfide) groups is 1. The number of imidazole rings is 1. The summed E-state index contributed by atoms with van der Waals surface area (Å²) in [5.41, 5.74) is 2.79. The maximum atomic E-state index is 11.9. The summed E-state index contributed by atoms with van der Waals surface area (Å²) in [6.07, 6.45) is 7.05. The van der Waals surface area contributed by atoms with Gasteiger partial charge in [0.25, 0.3) is 0 Å². The smallest absolute Gasteiger partial charge is 0.236 e. The second-order valence-electron chi connectivity index (χ2n) is 5.45. The van der Waals surface area contributed by atoms with Crippen molar-refractivity contribution in [1.82, 2.24) is 24.7 Å². The molecule has 7 nitrogen and oxygen atoms in total. The SMILES string of the molecule is O=C(CSc1ccc(-c2ccc(-n3ccnc3)cc2)nn1)Nc1nccs1. The highest BCUT2D eigenvalue weighted by atomic mass is 32.2. The molecule has 9 heteroatoms. The van der Waals surface area contributed by atoms with Crippen LogP contribution in [0.15, 0.2) is 71.7 Å². The molecule has 0 radical (unpaired) electrons. The maximum Gasteiger partial charge on any atom is 0.236 e. The number of anilines is 1. The summed E-state index contributed by atoms with van der Waals surface area (Å²) < 4.78 is 1.94. The van der Waals surface area contributed by atoms with Gasteiger partial charge in [-0.25, -0.2) is 9.97 Å². The van der Waals surface area contributed by atoms with E-state index in [0.717, 1.165) is 16.9 Å². The van der Waals surface area contributed by atoms with Gasteiger partial charge in [0.1, 0.15) is 5.03 Å². The number of carbonyl (C=O) groups excluding carboxylic acids is 1. The molecule has 0 unspecified atom stereocenters. The fraction of sp³-hybridized carbons (Fsp3) is 0.0556. The highest BCUT2D eigenvalue weighted by Gasteiger charge is 2.07. The second-order valence-corrected chi connectivity index (χ2v) is 7.34. The molecule has 1 N–H and O–H groups in total. The average molecular weight is 394 g/mol. The third-order valence-electron chi connectivity index (χ3n) is 3.64. The van der Waals surface area contributed by atoms with Gasteiger partial charge >= 0.3 is 0 Å². The monoisotopic (exact) mass is 394 g/mol. The predicted molar refractivity (Wildman–Crippen MR) is 106 cm³/mol. The van der Waals surface area contributed by atoms with E-state index in [0.29, 0.717) is 10.2 Å². The number of hydrogen-bond donors (Lipinski definition) is 1. The summed E-state index contributed by atoms with van der Waals surface area (Å²) in [4.78, 5) is 20.0. The third kappa shape index (κ3) is 4.39. The maximum absolute atomic E-state index is 11.9. The molecule has 3 aromatic heterocycles. The number of thiazole rings is 1. The van der Waals surface area contributed by atoms with Crippen molar-refractivity contribution >= 4 is 34.1 Å². The van der Waals surface area contributed by atoms with Crippen molar-refractivity contribution in [2.75, 3.05) is 11.1 Å². The molecule has 0 spiro atoms. The normalized spacial score (nSPS) is 10.7. The largest absolute Gasteiger partial charge is 0.306 e. The van der Waals surface area contributed by atoms with E-state index in [9.17, 15) is 4.79 Å². The van der Waals surface area contributed by atoms with Crippen LogP contribution in [0.4, 0.5) is 5.13 Å². The molecule has 1 aromatic carbocycles. The Labute approximate surface area is 163 Å². The van der Waals surface area contributed by atoms with Gasteiger partial charge in [-0.3, -0.25) is 4.79 Å². The molecule has 0 bridgehead atoms. The van der Waals surface area contributed by atoms with Crippen LogP contribution in [0.2, 0.25) is 0 Å². The zero-order valence-corrected chi connectivity index (χ0v) is 15.7. The summed E-state index contributed by atoms with van der Waals surface area (Å²) in [6.45, 7) is 0. The van der Waals surface area contributed by atoms with Crippen molar-refractivity contribution in [1.29, 1.82) is 0 Å². The summed E-state index contributed by atoms with van der Waals surface area (Å²) in [5.74, 6) is 0.142. The van der Waals surface area contributed by atoms with Crippen molar-refractivity contribution in [3.63, 3.8) is 0 Å².